The summed E-state index contributed by atoms with van der Waals surface area (Å²) in [7, 11) is 0. The van der Waals surface area contributed by atoms with Gasteiger partial charge in [0.25, 0.3) is 0 Å². The number of aliphatic hydroxyl groups is 2. The van der Waals surface area contributed by atoms with E-state index < -0.39 is 0 Å². The molecular formula is C17H18O3S. The van der Waals surface area contributed by atoms with Crippen molar-refractivity contribution in [2.24, 2.45) is 0 Å². The molecule has 0 aliphatic carbocycles. The molecule has 2 rings (SSSR count). The predicted molar refractivity (Wildman–Crippen MR) is 84.5 cm³/mol. The van der Waals surface area contributed by atoms with Crippen LogP contribution in [0.3, 0.4) is 0 Å². The summed E-state index contributed by atoms with van der Waals surface area (Å²) in [5.74, 6) is 6.73. The highest BCUT2D eigenvalue weighted by Gasteiger charge is 2.00. The summed E-state index contributed by atoms with van der Waals surface area (Å²) < 4.78 is 5.72. The summed E-state index contributed by atoms with van der Waals surface area (Å²) >= 11 is 1.62. The third-order valence-corrected chi connectivity index (χ3v) is 3.74. The van der Waals surface area contributed by atoms with Crippen LogP contribution in [-0.4, -0.2) is 23.4 Å². The highest BCUT2D eigenvalue weighted by Crippen LogP contribution is 2.18. The minimum Gasteiger partial charge on any atom is -0.488 e. The molecule has 0 saturated heterocycles. The Morgan fingerprint density at radius 2 is 1.90 bits per heavy atom. The fraction of sp³-hybridized carbons (Fsp3) is 0.294. The van der Waals surface area contributed by atoms with E-state index in [1.54, 1.807) is 11.3 Å². The molecule has 0 spiro atoms. The van der Waals surface area contributed by atoms with Crippen molar-refractivity contribution < 1.29 is 14.9 Å². The Hall–Kier alpha value is -1.80. The van der Waals surface area contributed by atoms with E-state index in [-0.39, 0.29) is 13.2 Å². The van der Waals surface area contributed by atoms with Crippen molar-refractivity contribution in [3.8, 4) is 17.6 Å². The first-order chi connectivity index (χ1) is 10.3. The topological polar surface area (TPSA) is 49.7 Å². The van der Waals surface area contributed by atoms with Gasteiger partial charge in [0.2, 0.25) is 0 Å². The molecule has 3 nitrogen and oxygen atoms in total. The number of benzene rings is 1. The van der Waals surface area contributed by atoms with Gasteiger partial charge in [-0.05, 0) is 30.2 Å². The minimum absolute atomic E-state index is 0.0966. The second-order valence-electron chi connectivity index (χ2n) is 4.48. The van der Waals surface area contributed by atoms with Crippen LogP contribution in [0.4, 0.5) is 0 Å². The molecule has 0 aliphatic rings. The minimum atomic E-state index is 0.0966. The summed E-state index contributed by atoms with van der Waals surface area (Å²) in [5, 5.41) is 19.5. The molecule has 2 aromatic rings. The zero-order valence-corrected chi connectivity index (χ0v) is 12.5. The zero-order chi connectivity index (χ0) is 14.9. The number of thiophene rings is 1. The van der Waals surface area contributed by atoms with Gasteiger partial charge in [-0.2, -0.15) is 0 Å². The van der Waals surface area contributed by atoms with Crippen LogP contribution in [0.1, 0.15) is 22.4 Å². The van der Waals surface area contributed by atoms with Crippen LogP contribution in [0.25, 0.3) is 0 Å². The van der Waals surface area contributed by atoms with Gasteiger partial charge in [-0.25, -0.2) is 0 Å². The first kappa shape index (κ1) is 15.6. The van der Waals surface area contributed by atoms with Crippen LogP contribution in [0.5, 0.6) is 5.75 Å². The summed E-state index contributed by atoms with van der Waals surface area (Å²) in [4.78, 5) is 1.11. The van der Waals surface area contributed by atoms with Crippen molar-refractivity contribution in [2.45, 2.75) is 19.4 Å². The Labute approximate surface area is 128 Å². The fourth-order valence-electron chi connectivity index (χ4n) is 1.78. The maximum atomic E-state index is 8.87. The largest absolute Gasteiger partial charge is 0.488 e. The molecule has 0 unspecified atom stereocenters. The van der Waals surface area contributed by atoms with E-state index >= 15 is 0 Å². The lowest BCUT2D eigenvalue weighted by atomic mass is 10.1. The highest BCUT2D eigenvalue weighted by molar-refractivity contribution is 7.10. The SMILES string of the molecule is OCCC#Cc1csc(COc2ccc(CCO)cc2)c1. The van der Waals surface area contributed by atoms with Crippen molar-refractivity contribution in [2.75, 3.05) is 13.2 Å². The second kappa shape index (κ2) is 8.48. The van der Waals surface area contributed by atoms with Gasteiger partial charge in [0.15, 0.2) is 0 Å². The van der Waals surface area contributed by atoms with Gasteiger partial charge in [-0.3, -0.25) is 0 Å². The third-order valence-electron chi connectivity index (χ3n) is 2.83. The molecule has 0 fully saturated rings. The van der Waals surface area contributed by atoms with E-state index in [4.69, 9.17) is 14.9 Å². The lowest BCUT2D eigenvalue weighted by molar-refractivity contribution is 0.298. The van der Waals surface area contributed by atoms with Gasteiger partial charge in [-0.15, -0.1) is 11.3 Å². The molecule has 1 aromatic carbocycles. The van der Waals surface area contributed by atoms with E-state index in [2.05, 4.69) is 11.8 Å². The van der Waals surface area contributed by atoms with E-state index in [1.165, 1.54) is 0 Å². The molecule has 0 bridgehead atoms. The Morgan fingerprint density at radius 3 is 2.62 bits per heavy atom. The van der Waals surface area contributed by atoms with Crippen LogP contribution in [-0.2, 0) is 13.0 Å². The fourth-order valence-corrected chi connectivity index (χ4v) is 2.51. The third kappa shape index (κ3) is 5.24. The Bertz CT molecular complexity index is 605. The number of rotatable bonds is 6. The maximum absolute atomic E-state index is 8.87. The second-order valence-corrected chi connectivity index (χ2v) is 5.48. The molecule has 0 atom stereocenters. The Kier molecular flexibility index (Phi) is 6.29. The van der Waals surface area contributed by atoms with Crippen molar-refractivity contribution in [1.29, 1.82) is 0 Å². The van der Waals surface area contributed by atoms with Gasteiger partial charge in [0.05, 0.1) is 6.61 Å². The molecule has 2 N–H and O–H groups in total. The molecular weight excluding hydrogens is 284 g/mol. The molecule has 110 valence electrons. The summed E-state index contributed by atoms with van der Waals surface area (Å²) in [6.07, 6.45) is 1.17. The zero-order valence-electron chi connectivity index (χ0n) is 11.7. The van der Waals surface area contributed by atoms with Crippen LogP contribution in [0.2, 0.25) is 0 Å². The summed E-state index contributed by atoms with van der Waals surface area (Å²) in [6, 6.07) is 9.77. The first-order valence-electron chi connectivity index (χ1n) is 6.81. The standard InChI is InChI=1S/C17H18O3S/c18-9-2-1-3-15-11-17(21-13-15)12-20-16-6-4-14(5-7-16)8-10-19/h4-7,11,13,18-19H,2,8-10,12H2. The Balaban J connectivity index is 1.87. The smallest absolute Gasteiger partial charge is 0.122 e. The molecule has 0 radical (unpaired) electrons. The monoisotopic (exact) mass is 302 g/mol. The number of ether oxygens (including phenoxy) is 1. The van der Waals surface area contributed by atoms with E-state index in [0.717, 1.165) is 21.8 Å². The average Bonchev–Trinajstić information content (AvgIpc) is 2.95. The molecule has 0 aliphatic heterocycles. The number of hydrogen-bond acceptors (Lipinski definition) is 4. The van der Waals surface area contributed by atoms with E-state index in [0.29, 0.717) is 19.4 Å². The van der Waals surface area contributed by atoms with Crippen molar-refractivity contribution >= 4 is 11.3 Å². The van der Waals surface area contributed by atoms with Gasteiger partial charge in [0.1, 0.15) is 12.4 Å². The Morgan fingerprint density at radius 1 is 1.10 bits per heavy atom. The average molecular weight is 302 g/mol. The van der Waals surface area contributed by atoms with Crippen LogP contribution < -0.4 is 4.74 Å². The van der Waals surface area contributed by atoms with Crippen molar-refractivity contribution in [1.82, 2.24) is 0 Å². The van der Waals surface area contributed by atoms with Gasteiger partial charge < -0.3 is 14.9 Å². The quantitative estimate of drug-likeness (QED) is 0.806. The molecule has 0 saturated carbocycles. The van der Waals surface area contributed by atoms with Crippen LogP contribution >= 0.6 is 11.3 Å². The normalized spacial score (nSPS) is 10.0. The molecule has 1 heterocycles. The number of hydrogen-bond donors (Lipinski definition) is 2. The molecule has 21 heavy (non-hydrogen) atoms. The molecule has 0 amide bonds. The summed E-state index contributed by atoms with van der Waals surface area (Å²) in [5.41, 5.74) is 2.06. The maximum Gasteiger partial charge on any atom is 0.122 e. The van der Waals surface area contributed by atoms with Gasteiger partial charge in [-0.1, -0.05) is 24.0 Å². The van der Waals surface area contributed by atoms with E-state index in [9.17, 15) is 0 Å². The van der Waals surface area contributed by atoms with Crippen molar-refractivity contribution in [3.05, 3.63) is 51.7 Å². The summed E-state index contributed by atoms with van der Waals surface area (Å²) in [6.45, 7) is 0.778. The van der Waals surface area contributed by atoms with Gasteiger partial charge in [0, 0.05) is 28.8 Å². The number of aliphatic hydroxyl groups excluding tert-OH is 2. The molecule has 1 aromatic heterocycles. The van der Waals surface area contributed by atoms with Crippen LogP contribution in [0, 0.1) is 11.8 Å². The molecule has 4 heteroatoms. The lowest BCUT2D eigenvalue weighted by Crippen LogP contribution is -1.94. The van der Waals surface area contributed by atoms with Gasteiger partial charge >= 0.3 is 0 Å². The van der Waals surface area contributed by atoms with Crippen LogP contribution in [0.15, 0.2) is 35.7 Å². The lowest BCUT2D eigenvalue weighted by Gasteiger charge is -2.05. The highest BCUT2D eigenvalue weighted by atomic mass is 32.1. The van der Waals surface area contributed by atoms with Crippen molar-refractivity contribution in [3.63, 3.8) is 0 Å². The van der Waals surface area contributed by atoms with E-state index in [1.807, 2.05) is 35.7 Å². The first-order valence-corrected chi connectivity index (χ1v) is 7.69. The predicted octanol–water partition coefficient (Wildman–Crippen LogP) is 2.60.